The van der Waals surface area contributed by atoms with Gasteiger partial charge in [-0.1, -0.05) is 103 Å². The Morgan fingerprint density at radius 1 is 0.898 bits per heavy atom. The number of carbonyl (C=O) groups is 2. The summed E-state index contributed by atoms with van der Waals surface area (Å²) in [6.45, 7) is 2.61. The van der Waals surface area contributed by atoms with Crippen LogP contribution in [0.3, 0.4) is 0 Å². The van der Waals surface area contributed by atoms with Crippen molar-refractivity contribution in [1.29, 1.82) is 0 Å². The molecule has 3 heterocycles. The number of nitrogens with zero attached hydrogens (tertiary/aromatic N) is 5. The van der Waals surface area contributed by atoms with Crippen molar-refractivity contribution in [3.8, 4) is 0 Å². The van der Waals surface area contributed by atoms with Crippen molar-refractivity contribution in [3.63, 3.8) is 0 Å². The second-order valence-corrected chi connectivity index (χ2v) is 12.8. The van der Waals surface area contributed by atoms with E-state index >= 15 is 0 Å². The van der Waals surface area contributed by atoms with Crippen LogP contribution in [0, 0.1) is 5.92 Å². The van der Waals surface area contributed by atoms with Gasteiger partial charge in [-0.25, -0.2) is 0 Å². The van der Waals surface area contributed by atoms with Gasteiger partial charge in [-0.15, -0.1) is 5.10 Å². The summed E-state index contributed by atoms with van der Waals surface area (Å²) in [6, 6.07) is 32.8. The van der Waals surface area contributed by atoms with Gasteiger partial charge in [0.2, 0.25) is 5.91 Å². The SMILES string of the molecule is C[C@@H](/C=C/CCn1cc(C(CO)c2ccccc2)nn1)[C@]1(O)C(=O)N(Cc2ccccc2)c2ccc(N3C(=O)CCc4ccccc43)cc21. The van der Waals surface area contributed by atoms with Gasteiger partial charge < -0.3 is 15.1 Å². The van der Waals surface area contributed by atoms with E-state index in [0.29, 0.717) is 55.0 Å². The van der Waals surface area contributed by atoms with Crippen LogP contribution in [0.25, 0.3) is 0 Å². The van der Waals surface area contributed by atoms with Gasteiger partial charge in [0, 0.05) is 36.3 Å². The fourth-order valence-electron chi connectivity index (χ4n) is 6.99. The van der Waals surface area contributed by atoms with Crippen LogP contribution in [0.15, 0.2) is 121 Å². The van der Waals surface area contributed by atoms with Crippen LogP contribution in [-0.4, -0.2) is 43.6 Å². The third kappa shape index (κ3) is 6.07. The number of aliphatic hydroxyl groups is 2. The van der Waals surface area contributed by atoms with Crippen LogP contribution < -0.4 is 9.80 Å². The molecule has 2 aliphatic rings. The van der Waals surface area contributed by atoms with Gasteiger partial charge in [0.05, 0.1) is 36.1 Å². The molecule has 49 heavy (non-hydrogen) atoms. The number of carbonyl (C=O) groups excluding carboxylic acids is 2. The minimum Gasteiger partial charge on any atom is -0.395 e. The van der Waals surface area contributed by atoms with Crippen LogP contribution in [0.1, 0.15) is 53.6 Å². The Bertz CT molecular complexity index is 1990. The number of hydrogen-bond donors (Lipinski definition) is 2. The number of amides is 2. The molecule has 0 saturated heterocycles. The molecule has 4 aromatic carbocycles. The van der Waals surface area contributed by atoms with Gasteiger partial charge in [0.1, 0.15) is 0 Å². The lowest BCUT2D eigenvalue weighted by molar-refractivity contribution is -0.139. The first kappa shape index (κ1) is 32.2. The van der Waals surface area contributed by atoms with Gasteiger partial charge >= 0.3 is 0 Å². The van der Waals surface area contributed by atoms with Crippen molar-refractivity contribution in [2.45, 2.75) is 50.8 Å². The Hall–Kier alpha value is -5.38. The maximum atomic E-state index is 14.3. The van der Waals surface area contributed by atoms with Gasteiger partial charge in [-0.2, -0.15) is 0 Å². The van der Waals surface area contributed by atoms with Crippen LogP contribution in [-0.2, 0) is 34.7 Å². The van der Waals surface area contributed by atoms with E-state index in [4.69, 9.17) is 0 Å². The topological polar surface area (TPSA) is 112 Å². The summed E-state index contributed by atoms with van der Waals surface area (Å²) < 4.78 is 1.74. The second kappa shape index (κ2) is 13.6. The van der Waals surface area contributed by atoms with Crippen molar-refractivity contribution >= 4 is 28.9 Å². The van der Waals surface area contributed by atoms with Crippen LogP contribution >= 0.6 is 0 Å². The van der Waals surface area contributed by atoms with Gasteiger partial charge in [0.25, 0.3) is 5.91 Å². The minimum atomic E-state index is -1.85. The highest BCUT2D eigenvalue weighted by Gasteiger charge is 2.52. The molecular weight excluding hydrogens is 614 g/mol. The third-order valence-electron chi connectivity index (χ3n) is 9.69. The van der Waals surface area contributed by atoms with E-state index in [-0.39, 0.29) is 18.4 Å². The second-order valence-electron chi connectivity index (χ2n) is 12.8. The lowest BCUT2D eigenvalue weighted by Crippen LogP contribution is -2.44. The number of aryl methyl sites for hydroxylation is 2. The molecule has 0 bridgehead atoms. The zero-order chi connectivity index (χ0) is 34.0. The molecule has 0 spiro atoms. The summed E-state index contributed by atoms with van der Waals surface area (Å²) in [4.78, 5) is 30.9. The van der Waals surface area contributed by atoms with E-state index in [0.717, 1.165) is 22.4 Å². The number of rotatable bonds is 11. The van der Waals surface area contributed by atoms with Crippen LogP contribution in [0.5, 0.6) is 0 Å². The number of para-hydroxylation sites is 1. The molecule has 9 nitrogen and oxygen atoms in total. The van der Waals surface area contributed by atoms with Crippen molar-refractivity contribution < 1.29 is 19.8 Å². The highest BCUT2D eigenvalue weighted by molar-refractivity contribution is 6.09. The molecule has 1 unspecified atom stereocenters. The molecule has 0 aliphatic carbocycles. The summed E-state index contributed by atoms with van der Waals surface area (Å²) >= 11 is 0. The minimum absolute atomic E-state index is 0.0223. The first-order valence-corrected chi connectivity index (χ1v) is 16.7. The smallest absolute Gasteiger partial charge is 0.264 e. The number of fused-ring (bicyclic) bond motifs is 2. The summed E-state index contributed by atoms with van der Waals surface area (Å²) in [5.74, 6) is -1.26. The quantitative estimate of drug-likeness (QED) is 0.169. The average Bonchev–Trinajstić information content (AvgIpc) is 3.68. The Balaban J connectivity index is 1.15. The first-order chi connectivity index (χ1) is 23.9. The average molecular weight is 654 g/mol. The Morgan fingerprint density at radius 2 is 1.63 bits per heavy atom. The first-order valence-electron chi connectivity index (χ1n) is 16.7. The van der Waals surface area contributed by atoms with Crippen LogP contribution in [0.2, 0.25) is 0 Å². The molecule has 0 fully saturated rings. The molecule has 248 valence electrons. The number of allylic oxidation sites excluding steroid dienone is 1. The molecule has 3 atom stereocenters. The summed E-state index contributed by atoms with van der Waals surface area (Å²) in [7, 11) is 0. The fourth-order valence-corrected chi connectivity index (χ4v) is 6.99. The van der Waals surface area contributed by atoms with Crippen LogP contribution in [0.4, 0.5) is 17.1 Å². The van der Waals surface area contributed by atoms with Crippen molar-refractivity contribution in [2.75, 3.05) is 16.4 Å². The van der Waals surface area contributed by atoms with E-state index < -0.39 is 17.4 Å². The number of aliphatic hydroxyl groups excluding tert-OH is 1. The predicted molar refractivity (Wildman–Crippen MR) is 188 cm³/mol. The Kier molecular flexibility index (Phi) is 8.95. The fraction of sp³-hybridized carbons (Fsp3) is 0.250. The third-order valence-corrected chi connectivity index (χ3v) is 9.69. The van der Waals surface area contributed by atoms with E-state index in [9.17, 15) is 19.8 Å². The summed E-state index contributed by atoms with van der Waals surface area (Å²) in [5, 5.41) is 31.0. The summed E-state index contributed by atoms with van der Waals surface area (Å²) in [6.07, 6.45) is 7.32. The normalized spacial score (nSPS) is 18.5. The Morgan fingerprint density at radius 3 is 2.41 bits per heavy atom. The molecule has 5 aromatic rings. The van der Waals surface area contributed by atoms with Crippen molar-refractivity contribution in [1.82, 2.24) is 15.0 Å². The zero-order valence-corrected chi connectivity index (χ0v) is 27.4. The largest absolute Gasteiger partial charge is 0.395 e. The number of benzene rings is 4. The molecule has 2 amide bonds. The lowest BCUT2D eigenvalue weighted by atomic mass is 9.82. The van der Waals surface area contributed by atoms with E-state index in [1.54, 1.807) is 14.5 Å². The molecule has 9 heteroatoms. The zero-order valence-electron chi connectivity index (χ0n) is 27.4. The van der Waals surface area contributed by atoms with Gasteiger partial charge in [0.15, 0.2) is 5.60 Å². The standard InChI is InChI=1S/C40H39N5O4/c1-28(12-10-11-23-43-26-35(41-42-43)33(27-46)30-15-6-3-7-16-30)40(49)34-24-32(45-36-18-9-8-17-31(36)19-22-38(45)47)20-21-37(34)44(39(40)48)25-29-13-4-2-5-14-29/h2-10,12-18,20-21,24,26,28,33,46,49H,11,19,22-23,25,27H2,1H3/b12-10+/t28-,33?,40+/m0/s1. The van der Waals surface area contributed by atoms with E-state index in [1.807, 2.05) is 128 Å². The molecule has 0 radical (unpaired) electrons. The molecular formula is C40H39N5O4. The molecule has 0 saturated carbocycles. The Labute approximate surface area is 285 Å². The maximum absolute atomic E-state index is 14.3. The van der Waals surface area contributed by atoms with Gasteiger partial charge in [-0.05, 0) is 53.8 Å². The number of anilines is 3. The highest BCUT2D eigenvalue weighted by Crippen LogP contribution is 2.48. The predicted octanol–water partition coefficient (Wildman–Crippen LogP) is 6.03. The molecule has 1 aromatic heterocycles. The number of aromatic nitrogens is 3. The molecule has 2 N–H and O–H groups in total. The highest BCUT2D eigenvalue weighted by atomic mass is 16.3. The monoisotopic (exact) mass is 653 g/mol. The summed E-state index contributed by atoms with van der Waals surface area (Å²) in [5.41, 5.74) is 4.41. The lowest BCUT2D eigenvalue weighted by Gasteiger charge is -2.31. The van der Waals surface area contributed by atoms with Gasteiger partial charge in [-0.3, -0.25) is 19.2 Å². The molecule has 7 rings (SSSR count). The van der Waals surface area contributed by atoms with Crippen molar-refractivity contribution in [3.05, 3.63) is 149 Å². The molecule has 2 aliphatic heterocycles. The van der Waals surface area contributed by atoms with Crippen molar-refractivity contribution in [2.24, 2.45) is 5.92 Å². The number of hydrogen-bond acceptors (Lipinski definition) is 6. The maximum Gasteiger partial charge on any atom is 0.264 e. The van der Waals surface area contributed by atoms with E-state index in [1.165, 1.54) is 0 Å². The van der Waals surface area contributed by atoms with E-state index in [2.05, 4.69) is 10.3 Å².